The molecule has 0 aliphatic carbocycles. The van der Waals surface area contributed by atoms with E-state index in [2.05, 4.69) is 15.6 Å². The third-order valence-electron chi connectivity index (χ3n) is 3.46. The zero-order chi connectivity index (χ0) is 18.9. The second kappa shape index (κ2) is 10.2. The summed E-state index contributed by atoms with van der Waals surface area (Å²) < 4.78 is 64.4. The molecule has 0 aromatic heterocycles. The van der Waals surface area contributed by atoms with Crippen LogP contribution in [0, 0.1) is 0 Å². The summed E-state index contributed by atoms with van der Waals surface area (Å²) in [4.78, 5) is 5.66. The van der Waals surface area contributed by atoms with Crippen molar-refractivity contribution in [3.05, 3.63) is 0 Å². The zero-order valence-electron chi connectivity index (χ0n) is 14.6. The molecule has 0 saturated carbocycles. The van der Waals surface area contributed by atoms with Crippen molar-refractivity contribution in [1.29, 1.82) is 0 Å². The first kappa shape index (κ1) is 22.0. The third kappa shape index (κ3) is 11.2. The molecule has 1 rings (SSSR count). The smallest absolute Gasteiger partial charge is 0.378 e. The maximum atomic E-state index is 12.4. The molecule has 1 atom stereocenters. The van der Waals surface area contributed by atoms with Gasteiger partial charge in [-0.2, -0.15) is 13.2 Å². The van der Waals surface area contributed by atoms with Gasteiger partial charge >= 0.3 is 6.18 Å². The number of hydrogen-bond donors (Lipinski definition) is 2. The average Bonchev–Trinajstić information content (AvgIpc) is 2.86. The van der Waals surface area contributed by atoms with E-state index in [1.165, 1.54) is 4.90 Å². The van der Waals surface area contributed by atoms with Crippen molar-refractivity contribution < 1.29 is 26.3 Å². The highest BCUT2D eigenvalue weighted by atomic mass is 32.2. The summed E-state index contributed by atoms with van der Waals surface area (Å²) in [5.41, 5.74) is 0. The normalized spacial score (nSPS) is 20.0. The van der Waals surface area contributed by atoms with E-state index in [0.29, 0.717) is 38.6 Å². The second-order valence-corrected chi connectivity index (χ2v) is 8.24. The van der Waals surface area contributed by atoms with E-state index in [4.69, 9.17) is 4.74 Å². The molecule has 0 spiro atoms. The molecule has 25 heavy (non-hydrogen) atoms. The molecule has 148 valence electrons. The lowest BCUT2D eigenvalue weighted by Gasteiger charge is -2.19. The number of rotatable bonds is 9. The van der Waals surface area contributed by atoms with Gasteiger partial charge in [0.2, 0.25) is 0 Å². The summed E-state index contributed by atoms with van der Waals surface area (Å²) in [5, 5.41) is 6.16. The predicted octanol–water partition coefficient (Wildman–Crippen LogP) is 0.239. The molecule has 1 aliphatic heterocycles. The summed E-state index contributed by atoms with van der Waals surface area (Å²) in [7, 11) is -3.04. The number of hydrogen-bond acceptors (Lipinski definition) is 5. The monoisotopic (exact) mass is 388 g/mol. The number of aliphatic imine (C=N–C) groups is 1. The molecular weight excluding hydrogens is 361 g/mol. The topological polar surface area (TPSA) is 83.0 Å². The van der Waals surface area contributed by atoms with E-state index in [1.54, 1.807) is 0 Å². The number of halogens is 3. The Kier molecular flexibility index (Phi) is 8.94. The van der Waals surface area contributed by atoms with E-state index >= 15 is 0 Å². The van der Waals surface area contributed by atoms with E-state index < -0.39 is 22.6 Å². The van der Waals surface area contributed by atoms with Gasteiger partial charge in [0.1, 0.15) is 9.84 Å². The van der Waals surface area contributed by atoms with Crippen molar-refractivity contribution in [2.24, 2.45) is 4.99 Å². The largest absolute Gasteiger partial charge is 0.401 e. The minimum atomic E-state index is -4.18. The van der Waals surface area contributed by atoms with E-state index in [-0.39, 0.29) is 25.0 Å². The Morgan fingerprint density at radius 2 is 2.08 bits per heavy atom. The van der Waals surface area contributed by atoms with Crippen molar-refractivity contribution in [1.82, 2.24) is 15.5 Å². The summed E-state index contributed by atoms with van der Waals surface area (Å²) in [6.07, 6.45) is -2.42. The van der Waals surface area contributed by atoms with Crippen molar-refractivity contribution in [2.45, 2.75) is 25.6 Å². The van der Waals surface area contributed by atoms with Gasteiger partial charge in [-0.1, -0.05) is 0 Å². The number of guanidine groups is 1. The van der Waals surface area contributed by atoms with Gasteiger partial charge in [0.25, 0.3) is 0 Å². The van der Waals surface area contributed by atoms with Crippen LogP contribution >= 0.6 is 0 Å². The first-order valence-corrected chi connectivity index (χ1v) is 10.2. The molecule has 1 saturated heterocycles. The molecule has 1 unspecified atom stereocenters. The Morgan fingerprint density at radius 1 is 1.36 bits per heavy atom. The second-order valence-electron chi connectivity index (χ2n) is 5.98. The number of sulfone groups is 1. The summed E-state index contributed by atoms with van der Waals surface area (Å²) >= 11 is 0. The molecule has 0 aromatic rings. The Balaban J connectivity index is 2.34. The minimum Gasteiger partial charge on any atom is -0.378 e. The van der Waals surface area contributed by atoms with Crippen LogP contribution < -0.4 is 10.6 Å². The third-order valence-corrected chi connectivity index (χ3v) is 4.37. The molecule has 0 aromatic carbocycles. The fraction of sp³-hybridized carbons (Fsp3) is 0.929. The molecule has 0 radical (unpaired) electrons. The van der Waals surface area contributed by atoms with Gasteiger partial charge < -0.3 is 15.4 Å². The number of ether oxygens (including phenoxy) is 1. The number of likely N-dealkylation sites (tertiary alicyclic amines) is 1. The Hall–Kier alpha value is -1.07. The quantitative estimate of drug-likeness (QED) is 0.335. The highest BCUT2D eigenvalue weighted by Crippen LogP contribution is 2.19. The van der Waals surface area contributed by atoms with Gasteiger partial charge in [-0.3, -0.25) is 9.89 Å². The Bertz CT molecular complexity index is 526. The van der Waals surface area contributed by atoms with Crippen LogP contribution in [-0.2, 0) is 14.6 Å². The molecular formula is C14H27F3N4O3S. The van der Waals surface area contributed by atoms with Gasteiger partial charge in [-0.15, -0.1) is 0 Å². The summed E-state index contributed by atoms with van der Waals surface area (Å²) in [6.45, 7) is 3.06. The molecule has 0 bridgehead atoms. The lowest BCUT2D eigenvalue weighted by atomic mass is 10.3. The van der Waals surface area contributed by atoms with Crippen molar-refractivity contribution in [3.8, 4) is 0 Å². The molecule has 7 nitrogen and oxygen atoms in total. The van der Waals surface area contributed by atoms with Gasteiger partial charge in [-0.25, -0.2) is 8.42 Å². The van der Waals surface area contributed by atoms with Crippen LogP contribution in [0.4, 0.5) is 13.2 Å². The van der Waals surface area contributed by atoms with Crippen LogP contribution in [0.25, 0.3) is 0 Å². The van der Waals surface area contributed by atoms with Crippen LogP contribution in [0.5, 0.6) is 0 Å². The zero-order valence-corrected chi connectivity index (χ0v) is 15.4. The molecule has 1 fully saturated rings. The van der Waals surface area contributed by atoms with Crippen LogP contribution in [-0.4, -0.2) is 89.4 Å². The average molecular weight is 388 g/mol. The van der Waals surface area contributed by atoms with E-state index in [0.717, 1.165) is 6.26 Å². The molecule has 1 aliphatic rings. The van der Waals surface area contributed by atoms with Crippen molar-refractivity contribution >= 4 is 15.8 Å². The SMILES string of the molecule is CCNC(=NCCOCCS(C)(=O)=O)NC1CCN(CC(F)(F)F)C1. The molecule has 0 amide bonds. The lowest BCUT2D eigenvalue weighted by Crippen LogP contribution is -2.45. The Morgan fingerprint density at radius 3 is 2.68 bits per heavy atom. The molecule has 2 N–H and O–H groups in total. The number of alkyl halides is 3. The van der Waals surface area contributed by atoms with Gasteiger partial charge in [0.05, 0.1) is 32.1 Å². The van der Waals surface area contributed by atoms with Gasteiger partial charge in [0.15, 0.2) is 5.96 Å². The first-order chi connectivity index (χ1) is 11.6. The van der Waals surface area contributed by atoms with Gasteiger partial charge in [-0.05, 0) is 13.3 Å². The maximum Gasteiger partial charge on any atom is 0.401 e. The first-order valence-electron chi connectivity index (χ1n) is 8.18. The lowest BCUT2D eigenvalue weighted by molar-refractivity contribution is -0.143. The number of nitrogens with zero attached hydrogens (tertiary/aromatic N) is 2. The highest BCUT2D eigenvalue weighted by molar-refractivity contribution is 7.90. The van der Waals surface area contributed by atoms with Crippen LogP contribution in [0.3, 0.4) is 0 Å². The van der Waals surface area contributed by atoms with E-state index in [9.17, 15) is 21.6 Å². The van der Waals surface area contributed by atoms with Gasteiger partial charge in [0, 0.05) is 31.9 Å². The van der Waals surface area contributed by atoms with E-state index in [1.807, 2.05) is 6.92 Å². The fourth-order valence-corrected chi connectivity index (χ4v) is 2.82. The van der Waals surface area contributed by atoms with Crippen molar-refractivity contribution in [3.63, 3.8) is 0 Å². The minimum absolute atomic E-state index is 0.0356. The fourth-order valence-electron chi connectivity index (χ4n) is 2.40. The summed E-state index contributed by atoms with van der Waals surface area (Å²) in [5.74, 6) is 0.486. The standard InChI is InChI=1S/C14H27F3N4O3S/c1-3-18-13(19-5-7-24-8-9-25(2,22)23)20-12-4-6-21(10-12)11-14(15,16)17/h12H,3-11H2,1-2H3,(H2,18,19,20). The Labute approximate surface area is 146 Å². The van der Waals surface area contributed by atoms with Crippen LogP contribution in [0.15, 0.2) is 4.99 Å². The molecule has 11 heteroatoms. The molecule has 1 heterocycles. The summed E-state index contributed by atoms with van der Waals surface area (Å²) in [6, 6.07) is -0.0914. The maximum absolute atomic E-state index is 12.4. The van der Waals surface area contributed by atoms with Crippen LogP contribution in [0.2, 0.25) is 0 Å². The predicted molar refractivity (Wildman–Crippen MR) is 90.5 cm³/mol. The van der Waals surface area contributed by atoms with Crippen molar-refractivity contribution in [2.75, 3.05) is 57.9 Å². The number of nitrogens with one attached hydrogen (secondary N) is 2. The van der Waals surface area contributed by atoms with Crippen LogP contribution in [0.1, 0.15) is 13.3 Å². The highest BCUT2D eigenvalue weighted by Gasteiger charge is 2.34.